The number of nitrogens with one attached hydrogen (secondary N) is 1. The number of hydrogen-bond acceptors (Lipinski definition) is 3. The first-order valence-corrected chi connectivity index (χ1v) is 7.03. The van der Waals surface area contributed by atoms with Gasteiger partial charge in [0.1, 0.15) is 5.75 Å². The van der Waals surface area contributed by atoms with E-state index in [0.717, 1.165) is 0 Å². The Kier molecular flexibility index (Phi) is 3.78. The minimum Gasteiger partial charge on any atom is -0.478 e. The number of carbonyl (C=O) groups excluding carboxylic acids is 2. The number of ether oxygens (including phenoxy) is 1. The second-order valence-corrected chi connectivity index (χ2v) is 5.09. The Bertz CT molecular complexity index is 700. The zero-order chi connectivity index (χ0) is 15.5. The lowest BCUT2D eigenvalue weighted by Crippen LogP contribution is -2.45. The number of rotatable bonds is 3. The molecule has 0 fully saturated rings. The third-order valence-electron chi connectivity index (χ3n) is 3.53. The Morgan fingerprint density at radius 3 is 2.59 bits per heavy atom. The molecule has 2 amide bonds. The van der Waals surface area contributed by atoms with Gasteiger partial charge in [0.2, 0.25) is 5.91 Å². The first-order valence-electron chi connectivity index (χ1n) is 7.03. The number of amides is 2. The molecule has 0 saturated heterocycles. The molecular weight excluding hydrogens is 280 g/mol. The van der Waals surface area contributed by atoms with Crippen LogP contribution in [0.3, 0.4) is 0 Å². The summed E-state index contributed by atoms with van der Waals surface area (Å²) in [5, 5.41) is 2.76. The minimum absolute atomic E-state index is 0.0214. The van der Waals surface area contributed by atoms with Crippen LogP contribution in [0.1, 0.15) is 6.42 Å². The lowest BCUT2D eigenvalue weighted by molar-refractivity contribution is -0.130. The Morgan fingerprint density at radius 2 is 1.82 bits per heavy atom. The summed E-state index contributed by atoms with van der Waals surface area (Å²) in [4.78, 5) is 25.9. The molecule has 5 heteroatoms. The zero-order valence-corrected chi connectivity index (χ0v) is 12.2. The van der Waals surface area contributed by atoms with E-state index in [4.69, 9.17) is 4.74 Å². The molecule has 112 valence electrons. The van der Waals surface area contributed by atoms with Gasteiger partial charge in [0.25, 0.3) is 5.91 Å². The summed E-state index contributed by atoms with van der Waals surface area (Å²) in [6, 6.07) is 16.4. The highest BCUT2D eigenvalue weighted by Gasteiger charge is 2.33. The second-order valence-electron chi connectivity index (χ2n) is 5.09. The Morgan fingerprint density at radius 1 is 1.14 bits per heavy atom. The van der Waals surface area contributed by atoms with Gasteiger partial charge >= 0.3 is 0 Å². The average Bonchev–Trinajstić information content (AvgIpc) is 2.53. The van der Waals surface area contributed by atoms with Crippen LogP contribution in [-0.2, 0) is 9.59 Å². The Hall–Kier alpha value is -2.82. The summed E-state index contributed by atoms with van der Waals surface area (Å²) >= 11 is 0. The van der Waals surface area contributed by atoms with Crippen LogP contribution < -0.4 is 15.0 Å². The van der Waals surface area contributed by atoms with Crippen LogP contribution in [-0.4, -0.2) is 25.0 Å². The number of anilines is 2. The van der Waals surface area contributed by atoms with Gasteiger partial charge < -0.3 is 15.0 Å². The van der Waals surface area contributed by atoms with Crippen molar-refractivity contribution >= 4 is 23.2 Å². The highest BCUT2D eigenvalue weighted by atomic mass is 16.5. The number of carbonyl (C=O) groups is 2. The van der Waals surface area contributed by atoms with Crippen LogP contribution >= 0.6 is 0 Å². The molecule has 5 nitrogen and oxygen atoms in total. The van der Waals surface area contributed by atoms with Crippen molar-refractivity contribution in [1.29, 1.82) is 0 Å². The van der Waals surface area contributed by atoms with E-state index in [2.05, 4.69) is 5.32 Å². The largest absolute Gasteiger partial charge is 0.478 e. The van der Waals surface area contributed by atoms with E-state index < -0.39 is 6.10 Å². The van der Waals surface area contributed by atoms with E-state index in [1.54, 1.807) is 25.2 Å². The molecule has 0 aliphatic carbocycles. The van der Waals surface area contributed by atoms with Gasteiger partial charge in [-0.1, -0.05) is 30.3 Å². The maximum atomic E-state index is 12.3. The quantitative estimate of drug-likeness (QED) is 0.946. The van der Waals surface area contributed by atoms with E-state index in [-0.39, 0.29) is 18.2 Å². The molecule has 1 heterocycles. The molecule has 0 bridgehead atoms. The third-order valence-corrected chi connectivity index (χ3v) is 3.53. The van der Waals surface area contributed by atoms with Crippen molar-refractivity contribution < 1.29 is 14.3 Å². The topological polar surface area (TPSA) is 58.6 Å². The lowest BCUT2D eigenvalue weighted by atomic mass is 10.1. The molecule has 1 aliphatic rings. The summed E-state index contributed by atoms with van der Waals surface area (Å²) in [5.41, 5.74) is 1.41. The van der Waals surface area contributed by atoms with E-state index in [9.17, 15) is 9.59 Å². The molecule has 1 aliphatic heterocycles. The molecule has 0 aromatic heterocycles. The van der Waals surface area contributed by atoms with Crippen LogP contribution in [0.5, 0.6) is 5.75 Å². The van der Waals surface area contributed by atoms with Gasteiger partial charge in [-0.15, -0.1) is 0 Å². The molecule has 1 atom stereocenters. The van der Waals surface area contributed by atoms with Gasteiger partial charge in [-0.05, 0) is 24.3 Å². The molecule has 22 heavy (non-hydrogen) atoms. The van der Waals surface area contributed by atoms with Gasteiger partial charge in [-0.25, -0.2) is 0 Å². The fourth-order valence-corrected chi connectivity index (χ4v) is 2.40. The highest BCUT2D eigenvalue weighted by molar-refractivity contribution is 6.03. The fourth-order valence-electron chi connectivity index (χ4n) is 2.40. The molecular formula is C17H16N2O3. The first-order chi connectivity index (χ1) is 10.6. The SMILES string of the molecule is CN1C(=O)C(CC(=O)Nc2ccccc2)Oc2ccccc21. The standard InChI is InChI=1S/C17H16N2O3/c1-19-13-9-5-6-10-14(13)22-15(17(19)21)11-16(20)18-12-7-3-2-4-8-12/h2-10,15H,11H2,1H3,(H,18,20). The molecule has 1 unspecified atom stereocenters. The number of benzene rings is 2. The number of fused-ring (bicyclic) bond motifs is 1. The van der Waals surface area contributed by atoms with Gasteiger partial charge in [0.15, 0.2) is 6.10 Å². The second kappa shape index (κ2) is 5.89. The van der Waals surface area contributed by atoms with Crippen LogP contribution in [0, 0.1) is 0 Å². The predicted molar refractivity (Wildman–Crippen MR) is 84.0 cm³/mol. The average molecular weight is 296 g/mol. The van der Waals surface area contributed by atoms with Crippen molar-refractivity contribution in [1.82, 2.24) is 0 Å². The van der Waals surface area contributed by atoms with Gasteiger partial charge in [0.05, 0.1) is 12.1 Å². The van der Waals surface area contributed by atoms with Gasteiger partial charge in [-0.3, -0.25) is 9.59 Å². The van der Waals surface area contributed by atoms with E-state index >= 15 is 0 Å². The van der Waals surface area contributed by atoms with E-state index in [1.807, 2.05) is 36.4 Å². The minimum atomic E-state index is -0.802. The Balaban J connectivity index is 1.71. The third kappa shape index (κ3) is 2.79. The van der Waals surface area contributed by atoms with Crippen LogP contribution in [0.4, 0.5) is 11.4 Å². The van der Waals surface area contributed by atoms with Crippen molar-refractivity contribution in [3.8, 4) is 5.75 Å². The summed E-state index contributed by atoms with van der Waals surface area (Å²) in [5.74, 6) is 0.140. The van der Waals surface area contributed by atoms with Crippen molar-refractivity contribution in [3.05, 3.63) is 54.6 Å². The smallest absolute Gasteiger partial charge is 0.268 e. The summed E-state index contributed by atoms with van der Waals surface area (Å²) in [6.07, 6.45) is -0.824. The van der Waals surface area contributed by atoms with Crippen LogP contribution in [0.25, 0.3) is 0 Å². The summed E-state index contributed by atoms with van der Waals surface area (Å²) in [6.45, 7) is 0. The van der Waals surface area contributed by atoms with Crippen molar-refractivity contribution in [2.24, 2.45) is 0 Å². The predicted octanol–water partition coefficient (Wildman–Crippen LogP) is 2.44. The summed E-state index contributed by atoms with van der Waals surface area (Å²) in [7, 11) is 1.69. The number of nitrogens with zero attached hydrogens (tertiary/aromatic N) is 1. The lowest BCUT2D eigenvalue weighted by Gasteiger charge is -2.31. The van der Waals surface area contributed by atoms with Crippen LogP contribution in [0.2, 0.25) is 0 Å². The van der Waals surface area contributed by atoms with E-state index in [1.165, 1.54) is 4.90 Å². The van der Waals surface area contributed by atoms with Gasteiger partial charge in [-0.2, -0.15) is 0 Å². The van der Waals surface area contributed by atoms with Crippen LogP contribution in [0.15, 0.2) is 54.6 Å². The first kappa shape index (κ1) is 14.1. The molecule has 2 aromatic carbocycles. The number of likely N-dealkylation sites (N-methyl/N-ethyl adjacent to an activating group) is 1. The molecule has 0 saturated carbocycles. The fraction of sp³-hybridized carbons (Fsp3) is 0.176. The number of hydrogen-bond donors (Lipinski definition) is 1. The van der Waals surface area contributed by atoms with Crippen molar-refractivity contribution in [2.45, 2.75) is 12.5 Å². The Labute approximate surface area is 128 Å². The maximum Gasteiger partial charge on any atom is 0.268 e. The van der Waals surface area contributed by atoms with Crippen molar-refractivity contribution in [3.63, 3.8) is 0 Å². The monoisotopic (exact) mass is 296 g/mol. The van der Waals surface area contributed by atoms with Gasteiger partial charge in [0, 0.05) is 12.7 Å². The van der Waals surface area contributed by atoms with E-state index in [0.29, 0.717) is 17.1 Å². The zero-order valence-electron chi connectivity index (χ0n) is 12.2. The van der Waals surface area contributed by atoms with Crippen molar-refractivity contribution in [2.75, 3.05) is 17.3 Å². The maximum absolute atomic E-state index is 12.3. The highest BCUT2D eigenvalue weighted by Crippen LogP contribution is 2.33. The molecule has 2 aromatic rings. The molecule has 0 radical (unpaired) electrons. The summed E-state index contributed by atoms with van der Waals surface area (Å²) < 4.78 is 5.67. The molecule has 3 rings (SSSR count). The molecule has 0 spiro atoms. The normalized spacial score (nSPS) is 16.7. The molecule has 1 N–H and O–H groups in total. The number of para-hydroxylation sites is 3.